The zero-order valence-electron chi connectivity index (χ0n) is 13.4. The van der Waals surface area contributed by atoms with Gasteiger partial charge in [-0.3, -0.25) is 0 Å². The first kappa shape index (κ1) is 15.6. The van der Waals surface area contributed by atoms with Crippen molar-refractivity contribution in [1.82, 2.24) is 4.98 Å². The summed E-state index contributed by atoms with van der Waals surface area (Å²) in [6.07, 6.45) is 0.806. The first-order valence-corrected chi connectivity index (χ1v) is 8.51. The fourth-order valence-corrected chi connectivity index (χ4v) is 3.17. The SMILES string of the molecule is Cc1cccc(OCCc2nc(-c3cccc(N)c3)cs2)c1C. The Bertz CT molecular complexity index is 811. The number of rotatable bonds is 5. The van der Waals surface area contributed by atoms with Gasteiger partial charge in [-0.1, -0.05) is 24.3 Å². The Hall–Kier alpha value is -2.33. The van der Waals surface area contributed by atoms with Crippen molar-refractivity contribution >= 4 is 17.0 Å². The van der Waals surface area contributed by atoms with Gasteiger partial charge < -0.3 is 10.5 Å². The quantitative estimate of drug-likeness (QED) is 0.696. The molecule has 0 bridgehead atoms. The van der Waals surface area contributed by atoms with E-state index in [1.54, 1.807) is 11.3 Å². The fraction of sp³-hybridized carbons (Fsp3) is 0.211. The number of nitrogen functional groups attached to an aromatic ring is 1. The van der Waals surface area contributed by atoms with Gasteiger partial charge in [0.1, 0.15) is 5.75 Å². The summed E-state index contributed by atoms with van der Waals surface area (Å²) in [5.41, 5.74) is 11.1. The highest BCUT2D eigenvalue weighted by molar-refractivity contribution is 7.09. The normalized spacial score (nSPS) is 10.7. The second kappa shape index (κ2) is 6.84. The van der Waals surface area contributed by atoms with Crippen LogP contribution in [0.3, 0.4) is 0 Å². The average Bonchev–Trinajstić information content (AvgIpc) is 3.00. The van der Waals surface area contributed by atoms with Crippen molar-refractivity contribution in [3.05, 3.63) is 64.0 Å². The Morgan fingerprint density at radius 3 is 2.78 bits per heavy atom. The van der Waals surface area contributed by atoms with E-state index in [1.807, 2.05) is 36.4 Å². The second-order valence-corrected chi connectivity index (χ2v) is 6.49. The van der Waals surface area contributed by atoms with Crippen molar-refractivity contribution in [1.29, 1.82) is 0 Å². The van der Waals surface area contributed by atoms with Gasteiger partial charge in [-0.05, 0) is 43.2 Å². The first-order valence-electron chi connectivity index (χ1n) is 7.63. The molecule has 0 amide bonds. The number of nitrogens with zero attached hydrogens (tertiary/aromatic N) is 1. The van der Waals surface area contributed by atoms with Crippen LogP contribution in [-0.4, -0.2) is 11.6 Å². The van der Waals surface area contributed by atoms with Crippen LogP contribution < -0.4 is 10.5 Å². The Morgan fingerprint density at radius 2 is 1.96 bits per heavy atom. The molecule has 2 N–H and O–H groups in total. The highest BCUT2D eigenvalue weighted by Crippen LogP contribution is 2.24. The van der Waals surface area contributed by atoms with Crippen molar-refractivity contribution in [2.24, 2.45) is 0 Å². The Labute approximate surface area is 140 Å². The summed E-state index contributed by atoms with van der Waals surface area (Å²) in [5.74, 6) is 0.956. The van der Waals surface area contributed by atoms with E-state index in [0.29, 0.717) is 6.61 Å². The maximum Gasteiger partial charge on any atom is 0.122 e. The average molecular weight is 324 g/mol. The van der Waals surface area contributed by atoms with E-state index in [4.69, 9.17) is 10.5 Å². The molecule has 0 saturated heterocycles. The number of nitrogens with two attached hydrogens (primary N) is 1. The molecule has 0 aliphatic rings. The molecule has 0 aliphatic heterocycles. The minimum Gasteiger partial charge on any atom is -0.493 e. The lowest BCUT2D eigenvalue weighted by Gasteiger charge is -2.09. The molecule has 23 heavy (non-hydrogen) atoms. The van der Waals surface area contributed by atoms with E-state index in [2.05, 4.69) is 30.3 Å². The molecule has 0 radical (unpaired) electrons. The zero-order chi connectivity index (χ0) is 16.2. The molecule has 4 heteroatoms. The molecule has 2 aromatic carbocycles. The van der Waals surface area contributed by atoms with E-state index in [0.717, 1.165) is 34.1 Å². The minimum absolute atomic E-state index is 0.633. The molecule has 0 fully saturated rings. The molecule has 1 heterocycles. The molecule has 0 saturated carbocycles. The van der Waals surface area contributed by atoms with Crippen molar-refractivity contribution in [2.45, 2.75) is 20.3 Å². The minimum atomic E-state index is 0.633. The Balaban J connectivity index is 1.62. The number of anilines is 1. The number of aryl methyl sites for hydroxylation is 1. The van der Waals surface area contributed by atoms with Crippen molar-refractivity contribution in [2.75, 3.05) is 12.3 Å². The molecule has 3 nitrogen and oxygen atoms in total. The highest BCUT2D eigenvalue weighted by Gasteiger charge is 2.06. The first-order chi connectivity index (χ1) is 11.1. The van der Waals surface area contributed by atoms with Crippen LogP contribution in [0.5, 0.6) is 5.75 Å². The zero-order valence-corrected chi connectivity index (χ0v) is 14.2. The summed E-state index contributed by atoms with van der Waals surface area (Å²) in [5, 5.41) is 3.15. The lowest BCUT2D eigenvalue weighted by molar-refractivity contribution is 0.319. The number of ether oxygens (including phenoxy) is 1. The third-order valence-corrected chi connectivity index (χ3v) is 4.77. The van der Waals surface area contributed by atoms with Crippen LogP contribution in [0.2, 0.25) is 0 Å². The Kier molecular flexibility index (Phi) is 4.63. The molecule has 0 unspecified atom stereocenters. The van der Waals surface area contributed by atoms with Crippen molar-refractivity contribution in [3.63, 3.8) is 0 Å². The molecule has 0 aliphatic carbocycles. The number of thiazole rings is 1. The van der Waals surface area contributed by atoms with Gasteiger partial charge in [0.15, 0.2) is 0 Å². The predicted octanol–water partition coefficient (Wildman–Crippen LogP) is 4.63. The summed E-state index contributed by atoms with van der Waals surface area (Å²) in [4.78, 5) is 4.68. The van der Waals surface area contributed by atoms with Crippen LogP contribution >= 0.6 is 11.3 Å². The summed E-state index contributed by atoms with van der Waals surface area (Å²) in [6, 6.07) is 14.0. The van der Waals surface area contributed by atoms with Gasteiger partial charge in [0.2, 0.25) is 0 Å². The molecule has 1 aromatic heterocycles. The van der Waals surface area contributed by atoms with E-state index in [1.165, 1.54) is 11.1 Å². The third kappa shape index (κ3) is 3.71. The predicted molar refractivity (Wildman–Crippen MR) is 97.1 cm³/mol. The smallest absolute Gasteiger partial charge is 0.122 e. The van der Waals surface area contributed by atoms with Gasteiger partial charge in [-0.2, -0.15) is 0 Å². The van der Waals surface area contributed by atoms with Crippen LogP contribution in [0.4, 0.5) is 5.69 Å². The van der Waals surface area contributed by atoms with Crippen molar-refractivity contribution in [3.8, 4) is 17.0 Å². The van der Waals surface area contributed by atoms with Gasteiger partial charge in [-0.25, -0.2) is 4.98 Å². The van der Waals surface area contributed by atoms with Gasteiger partial charge >= 0.3 is 0 Å². The molecular weight excluding hydrogens is 304 g/mol. The van der Waals surface area contributed by atoms with E-state index >= 15 is 0 Å². The van der Waals surface area contributed by atoms with Gasteiger partial charge in [0.05, 0.1) is 17.3 Å². The third-order valence-electron chi connectivity index (χ3n) is 3.86. The van der Waals surface area contributed by atoms with E-state index in [9.17, 15) is 0 Å². The number of hydrogen-bond acceptors (Lipinski definition) is 4. The second-order valence-electron chi connectivity index (χ2n) is 5.55. The molecular formula is C19H20N2OS. The van der Waals surface area contributed by atoms with Crippen LogP contribution in [0.25, 0.3) is 11.3 Å². The lowest BCUT2D eigenvalue weighted by Crippen LogP contribution is -2.02. The number of hydrogen-bond donors (Lipinski definition) is 1. The highest BCUT2D eigenvalue weighted by atomic mass is 32.1. The maximum atomic E-state index is 5.90. The van der Waals surface area contributed by atoms with Crippen LogP contribution in [0.15, 0.2) is 47.8 Å². The summed E-state index contributed by atoms with van der Waals surface area (Å²) < 4.78 is 5.90. The van der Waals surface area contributed by atoms with E-state index in [-0.39, 0.29) is 0 Å². The number of benzene rings is 2. The summed E-state index contributed by atoms with van der Waals surface area (Å²) in [6.45, 7) is 4.82. The van der Waals surface area contributed by atoms with Crippen LogP contribution in [0, 0.1) is 13.8 Å². The molecule has 3 aromatic rings. The lowest BCUT2D eigenvalue weighted by atomic mass is 10.1. The monoisotopic (exact) mass is 324 g/mol. The summed E-state index contributed by atoms with van der Waals surface area (Å²) >= 11 is 1.66. The molecule has 0 atom stereocenters. The van der Waals surface area contributed by atoms with Crippen LogP contribution in [-0.2, 0) is 6.42 Å². The maximum absolute atomic E-state index is 5.90. The molecule has 3 rings (SSSR count). The Morgan fingerprint density at radius 1 is 1.13 bits per heavy atom. The molecule has 0 spiro atoms. The standard InChI is InChI=1S/C19H20N2OS/c1-13-5-3-8-18(14(13)2)22-10-9-19-21-17(12-23-19)15-6-4-7-16(20)11-15/h3-8,11-12H,9-10,20H2,1-2H3. The van der Waals surface area contributed by atoms with Crippen molar-refractivity contribution < 1.29 is 4.74 Å². The van der Waals surface area contributed by atoms with Crippen LogP contribution in [0.1, 0.15) is 16.1 Å². The van der Waals surface area contributed by atoms with Gasteiger partial charge in [-0.15, -0.1) is 11.3 Å². The molecule has 118 valence electrons. The number of aromatic nitrogens is 1. The largest absolute Gasteiger partial charge is 0.493 e. The van der Waals surface area contributed by atoms with E-state index < -0.39 is 0 Å². The summed E-state index contributed by atoms with van der Waals surface area (Å²) in [7, 11) is 0. The van der Waals surface area contributed by atoms with Gasteiger partial charge in [0, 0.05) is 23.1 Å². The topological polar surface area (TPSA) is 48.1 Å². The van der Waals surface area contributed by atoms with Gasteiger partial charge in [0.25, 0.3) is 0 Å². The fourth-order valence-electron chi connectivity index (χ4n) is 2.39.